The number of hydrogen-bond acceptors (Lipinski definition) is 3. The summed E-state index contributed by atoms with van der Waals surface area (Å²) in [6.07, 6.45) is 1.26. The zero-order chi connectivity index (χ0) is 13.3. The number of ether oxygens (including phenoxy) is 2. The molecule has 1 saturated carbocycles. The molecule has 100 valence electrons. The van der Waals surface area contributed by atoms with Crippen molar-refractivity contribution >= 4 is 0 Å². The van der Waals surface area contributed by atoms with Crippen molar-refractivity contribution in [2.75, 3.05) is 21.3 Å². The standard InChI is InChI=1S/C15H23NO2/c1-15(2)9-12(15)14(16-3)11-7-6-10(17-4)8-13(11)18-5/h6-8,12,14,16H,9H2,1-5H3. The van der Waals surface area contributed by atoms with Crippen LogP contribution >= 0.6 is 0 Å². The van der Waals surface area contributed by atoms with Gasteiger partial charge >= 0.3 is 0 Å². The van der Waals surface area contributed by atoms with Gasteiger partial charge in [0, 0.05) is 17.7 Å². The third kappa shape index (κ3) is 2.32. The van der Waals surface area contributed by atoms with E-state index in [1.165, 1.54) is 12.0 Å². The third-order valence-corrected chi connectivity index (χ3v) is 4.08. The first kappa shape index (κ1) is 13.2. The molecule has 0 aliphatic heterocycles. The van der Waals surface area contributed by atoms with Gasteiger partial charge in [0.15, 0.2) is 0 Å². The van der Waals surface area contributed by atoms with Gasteiger partial charge in [0.25, 0.3) is 0 Å². The van der Waals surface area contributed by atoms with Crippen LogP contribution in [0.3, 0.4) is 0 Å². The molecule has 0 saturated heterocycles. The minimum absolute atomic E-state index is 0.348. The summed E-state index contributed by atoms with van der Waals surface area (Å²) < 4.78 is 10.7. The Morgan fingerprint density at radius 3 is 2.39 bits per heavy atom. The van der Waals surface area contributed by atoms with Crippen molar-refractivity contribution in [3.63, 3.8) is 0 Å². The lowest BCUT2D eigenvalue weighted by molar-refractivity contribution is 0.374. The molecule has 1 aromatic carbocycles. The number of benzene rings is 1. The quantitative estimate of drug-likeness (QED) is 0.870. The van der Waals surface area contributed by atoms with Gasteiger partial charge in [-0.3, -0.25) is 0 Å². The molecule has 3 nitrogen and oxygen atoms in total. The summed E-state index contributed by atoms with van der Waals surface area (Å²) in [7, 11) is 5.40. The van der Waals surface area contributed by atoms with Gasteiger partial charge in [-0.05, 0) is 30.9 Å². The molecule has 0 aromatic heterocycles. The molecule has 0 bridgehead atoms. The highest BCUT2D eigenvalue weighted by Crippen LogP contribution is 2.58. The maximum atomic E-state index is 5.50. The Bertz CT molecular complexity index is 429. The van der Waals surface area contributed by atoms with Gasteiger partial charge in [-0.25, -0.2) is 0 Å². The molecule has 1 aliphatic rings. The molecule has 2 atom stereocenters. The van der Waals surface area contributed by atoms with Crippen LogP contribution in [-0.2, 0) is 0 Å². The minimum atomic E-state index is 0.348. The highest BCUT2D eigenvalue weighted by atomic mass is 16.5. The fraction of sp³-hybridized carbons (Fsp3) is 0.600. The van der Waals surface area contributed by atoms with Crippen LogP contribution in [0.25, 0.3) is 0 Å². The summed E-state index contributed by atoms with van der Waals surface area (Å²) in [4.78, 5) is 0. The second kappa shape index (κ2) is 4.81. The normalized spacial score (nSPS) is 22.4. The Kier molecular flexibility index (Phi) is 3.53. The average molecular weight is 249 g/mol. The average Bonchev–Trinajstić information content (AvgIpc) is 2.99. The van der Waals surface area contributed by atoms with E-state index in [-0.39, 0.29) is 0 Å². The number of methoxy groups -OCH3 is 2. The topological polar surface area (TPSA) is 30.5 Å². The molecule has 2 rings (SSSR count). The van der Waals surface area contributed by atoms with Gasteiger partial charge < -0.3 is 14.8 Å². The highest BCUT2D eigenvalue weighted by Gasteiger charge is 2.50. The van der Waals surface area contributed by atoms with E-state index in [4.69, 9.17) is 9.47 Å². The van der Waals surface area contributed by atoms with E-state index >= 15 is 0 Å². The van der Waals surface area contributed by atoms with Crippen molar-refractivity contribution in [1.82, 2.24) is 5.32 Å². The van der Waals surface area contributed by atoms with Gasteiger partial charge in [-0.1, -0.05) is 19.9 Å². The summed E-state index contributed by atoms with van der Waals surface area (Å²) in [6.45, 7) is 4.63. The van der Waals surface area contributed by atoms with Crippen molar-refractivity contribution in [3.05, 3.63) is 23.8 Å². The maximum Gasteiger partial charge on any atom is 0.127 e. The first-order valence-electron chi connectivity index (χ1n) is 6.42. The Morgan fingerprint density at radius 1 is 1.28 bits per heavy atom. The molecule has 0 heterocycles. The summed E-state index contributed by atoms with van der Waals surface area (Å²) >= 11 is 0. The molecule has 1 fully saturated rings. The molecule has 1 aromatic rings. The van der Waals surface area contributed by atoms with Crippen molar-refractivity contribution in [3.8, 4) is 11.5 Å². The molecule has 1 aliphatic carbocycles. The van der Waals surface area contributed by atoms with Crippen LogP contribution in [-0.4, -0.2) is 21.3 Å². The lowest BCUT2D eigenvalue weighted by atomic mass is 9.96. The van der Waals surface area contributed by atoms with Crippen molar-refractivity contribution in [1.29, 1.82) is 0 Å². The maximum absolute atomic E-state index is 5.50. The molecular weight excluding hydrogens is 226 g/mol. The van der Waals surface area contributed by atoms with E-state index in [2.05, 4.69) is 25.2 Å². The van der Waals surface area contributed by atoms with E-state index in [0.717, 1.165) is 11.5 Å². The Morgan fingerprint density at radius 2 is 1.94 bits per heavy atom. The van der Waals surface area contributed by atoms with Crippen LogP contribution in [0, 0.1) is 11.3 Å². The van der Waals surface area contributed by atoms with Crippen LogP contribution in [0.2, 0.25) is 0 Å². The van der Waals surface area contributed by atoms with Crippen LogP contribution in [0.5, 0.6) is 11.5 Å². The lowest BCUT2D eigenvalue weighted by Gasteiger charge is -2.21. The summed E-state index contributed by atoms with van der Waals surface area (Å²) in [5, 5.41) is 3.43. The molecule has 0 amide bonds. The summed E-state index contributed by atoms with van der Waals surface area (Å²) in [5.74, 6) is 2.40. The van der Waals surface area contributed by atoms with Gasteiger partial charge in [0.05, 0.1) is 14.2 Å². The fourth-order valence-corrected chi connectivity index (χ4v) is 2.73. The first-order chi connectivity index (χ1) is 8.53. The molecule has 18 heavy (non-hydrogen) atoms. The van der Waals surface area contributed by atoms with Crippen molar-refractivity contribution < 1.29 is 9.47 Å². The van der Waals surface area contributed by atoms with Crippen LogP contribution in [0.4, 0.5) is 0 Å². The zero-order valence-corrected chi connectivity index (χ0v) is 11.9. The molecule has 0 spiro atoms. The van der Waals surface area contributed by atoms with Gasteiger partial charge in [0.2, 0.25) is 0 Å². The van der Waals surface area contributed by atoms with E-state index in [1.54, 1.807) is 14.2 Å². The smallest absolute Gasteiger partial charge is 0.127 e. The van der Waals surface area contributed by atoms with Crippen LogP contribution in [0.15, 0.2) is 18.2 Å². The van der Waals surface area contributed by atoms with Crippen LogP contribution < -0.4 is 14.8 Å². The zero-order valence-electron chi connectivity index (χ0n) is 11.9. The monoisotopic (exact) mass is 249 g/mol. The Balaban J connectivity index is 2.31. The van der Waals surface area contributed by atoms with Crippen LogP contribution in [0.1, 0.15) is 31.9 Å². The van der Waals surface area contributed by atoms with Gasteiger partial charge in [0.1, 0.15) is 11.5 Å². The number of hydrogen-bond donors (Lipinski definition) is 1. The SMILES string of the molecule is CNC(c1ccc(OC)cc1OC)C1CC1(C)C. The predicted octanol–water partition coefficient (Wildman–Crippen LogP) is 3.01. The van der Waals surface area contributed by atoms with E-state index in [0.29, 0.717) is 17.4 Å². The predicted molar refractivity (Wildman–Crippen MR) is 73.2 cm³/mol. The second-order valence-electron chi connectivity index (χ2n) is 5.67. The number of nitrogens with one attached hydrogen (secondary N) is 1. The van der Waals surface area contributed by atoms with Crippen molar-refractivity contribution in [2.24, 2.45) is 11.3 Å². The molecule has 3 heteroatoms. The number of rotatable bonds is 5. The van der Waals surface area contributed by atoms with Gasteiger partial charge in [-0.15, -0.1) is 0 Å². The lowest BCUT2D eigenvalue weighted by Crippen LogP contribution is -2.21. The first-order valence-corrected chi connectivity index (χ1v) is 6.42. The molecule has 1 N–H and O–H groups in total. The third-order valence-electron chi connectivity index (χ3n) is 4.08. The van der Waals surface area contributed by atoms with E-state index < -0.39 is 0 Å². The Labute approximate surface area is 109 Å². The molecule has 2 unspecified atom stereocenters. The highest BCUT2D eigenvalue weighted by molar-refractivity contribution is 5.43. The summed E-state index contributed by atoms with van der Waals surface area (Å²) in [6, 6.07) is 6.40. The molecular formula is C15H23NO2. The van der Waals surface area contributed by atoms with Crippen molar-refractivity contribution in [2.45, 2.75) is 26.3 Å². The molecule has 0 radical (unpaired) electrons. The van der Waals surface area contributed by atoms with E-state index in [1.807, 2.05) is 19.2 Å². The summed E-state index contributed by atoms with van der Waals surface area (Å²) in [5.41, 5.74) is 1.65. The largest absolute Gasteiger partial charge is 0.497 e. The Hall–Kier alpha value is -1.22. The van der Waals surface area contributed by atoms with E-state index in [9.17, 15) is 0 Å². The fourth-order valence-electron chi connectivity index (χ4n) is 2.73. The second-order valence-corrected chi connectivity index (χ2v) is 5.67. The minimum Gasteiger partial charge on any atom is -0.497 e. The van der Waals surface area contributed by atoms with Gasteiger partial charge in [-0.2, -0.15) is 0 Å².